The monoisotopic (exact) mass is 573 g/mol. The fraction of sp³-hybridized carbons (Fsp3) is 0.280. The predicted molar refractivity (Wildman–Crippen MR) is 140 cm³/mol. The minimum Gasteiger partial charge on any atom is -0.494 e. The molecule has 202 valence electrons. The van der Waals surface area contributed by atoms with Crippen LogP contribution in [-0.2, 0) is 13.0 Å². The van der Waals surface area contributed by atoms with Gasteiger partial charge in [-0.25, -0.2) is 14.6 Å². The van der Waals surface area contributed by atoms with Crippen LogP contribution in [0.4, 0.5) is 13.9 Å². The topological polar surface area (TPSA) is 115 Å². The van der Waals surface area contributed by atoms with Crippen LogP contribution in [0, 0.1) is 13.8 Å². The van der Waals surface area contributed by atoms with Crippen LogP contribution >= 0.6 is 22.9 Å². The third-order valence-corrected chi connectivity index (χ3v) is 7.40. The number of rotatable bonds is 6. The van der Waals surface area contributed by atoms with Crippen LogP contribution in [0.3, 0.4) is 0 Å². The molecule has 14 heteroatoms. The Morgan fingerprint density at radius 1 is 1.15 bits per heavy atom. The zero-order valence-corrected chi connectivity index (χ0v) is 22.6. The molecule has 1 aliphatic rings. The van der Waals surface area contributed by atoms with Crippen molar-refractivity contribution in [1.82, 2.24) is 29.6 Å². The molecule has 1 N–H and O–H groups in total. The number of alkyl halides is 2. The number of fused-ring (bicyclic) bond motifs is 1. The number of hydrogen-bond donors (Lipinski definition) is 1. The van der Waals surface area contributed by atoms with Crippen molar-refractivity contribution in [1.29, 1.82) is 0 Å². The lowest BCUT2D eigenvalue weighted by atomic mass is 10.0. The van der Waals surface area contributed by atoms with E-state index in [1.807, 2.05) is 6.92 Å². The normalized spacial score (nSPS) is 12.9. The molecule has 4 aromatic rings. The number of hydrogen-bond acceptors (Lipinski definition) is 8. The zero-order valence-electron chi connectivity index (χ0n) is 21.0. The summed E-state index contributed by atoms with van der Waals surface area (Å²) in [5.74, 6) is -0.427. The highest BCUT2D eigenvalue weighted by molar-refractivity contribution is 7.15. The number of amides is 2. The molecule has 10 nitrogen and oxygen atoms in total. The number of nitrogens with zero attached hydrogens (tertiary/aromatic N) is 6. The van der Waals surface area contributed by atoms with Gasteiger partial charge < -0.3 is 9.64 Å². The Bertz CT molecular complexity index is 1590. The molecule has 39 heavy (non-hydrogen) atoms. The van der Waals surface area contributed by atoms with Gasteiger partial charge in [-0.3, -0.25) is 19.9 Å². The van der Waals surface area contributed by atoms with Crippen LogP contribution in [0.25, 0.3) is 11.1 Å². The molecule has 2 amide bonds. The highest BCUT2D eigenvalue weighted by Crippen LogP contribution is 2.35. The highest BCUT2D eigenvalue weighted by Gasteiger charge is 2.28. The smallest absolute Gasteiger partial charge is 0.333 e. The van der Waals surface area contributed by atoms with Crippen molar-refractivity contribution in [3.05, 3.63) is 69.0 Å². The lowest BCUT2D eigenvalue weighted by Crippen LogP contribution is -2.35. The van der Waals surface area contributed by atoms with Gasteiger partial charge in [0.15, 0.2) is 10.8 Å². The van der Waals surface area contributed by atoms with Crippen molar-refractivity contribution in [2.75, 3.05) is 19.0 Å². The molecule has 0 bridgehead atoms. The zero-order chi connectivity index (χ0) is 27.8. The van der Waals surface area contributed by atoms with Gasteiger partial charge in [-0.2, -0.15) is 13.9 Å². The molecule has 0 unspecified atom stereocenters. The number of aryl methyl sites for hydroxylation is 2. The van der Waals surface area contributed by atoms with Crippen LogP contribution in [-0.4, -0.2) is 55.1 Å². The molecule has 0 aromatic carbocycles. The summed E-state index contributed by atoms with van der Waals surface area (Å²) in [7, 11) is 1.50. The highest BCUT2D eigenvalue weighted by atomic mass is 35.5. The fourth-order valence-corrected chi connectivity index (χ4v) is 5.47. The van der Waals surface area contributed by atoms with E-state index in [-0.39, 0.29) is 28.6 Å². The third-order valence-electron chi connectivity index (χ3n) is 6.19. The van der Waals surface area contributed by atoms with Crippen LogP contribution in [0.2, 0.25) is 5.15 Å². The Labute approximate surface area is 230 Å². The quantitative estimate of drug-likeness (QED) is 0.325. The molecule has 0 saturated heterocycles. The second-order valence-corrected chi connectivity index (χ2v) is 10.3. The summed E-state index contributed by atoms with van der Waals surface area (Å²) in [6.07, 6.45) is 3.41. The molecule has 0 fully saturated rings. The summed E-state index contributed by atoms with van der Waals surface area (Å²) >= 11 is 7.37. The van der Waals surface area contributed by atoms with E-state index >= 15 is 0 Å². The molecule has 0 saturated carbocycles. The van der Waals surface area contributed by atoms with E-state index in [0.717, 1.165) is 10.6 Å². The summed E-state index contributed by atoms with van der Waals surface area (Å²) in [5.41, 5.74) is 3.06. The molecule has 0 spiro atoms. The summed E-state index contributed by atoms with van der Waals surface area (Å²) < 4.78 is 32.1. The molecular weight excluding hydrogens is 552 g/mol. The molecule has 5 rings (SSSR count). The van der Waals surface area contributed by atoms with E-state index in [2.05, 4.69) is 25.4 Å². The molecular formula is C25H22ClF2N7O3S. The van der Waals surface area contributed by atoms with Crippen molar-refractivity contribution in [2.24, 2.45) is 0 Å². The van der Waals surface area contributed by atoms with Crippen molar-refractivity contribution >= 4 is 39.9 Å². The number of pyridine rings is 2. The van der Waals surface area contributed by atoms with E-state index < -0.39 is 18.4 Å². The first kappa shape index (κ1) is 26.6. The van der Waals surface area contributed by atoms with Gasteiger partial charge in [0.2, 0.25) is 0 Å². The van der Waals surface area contributed by atoms with Crippen LogP contribution in [0.1, 0.15) is 49.4 Å². The lowest BCUT2D eigenvalue weighted by molar-refractivity contribution is 0.0530. The first-order valence-corrected chi connectivity index (χ1v) is 12.9. The maximum absolute atomic E-state index is 13.4. The minimum absolute atomic E-state index is 0.0414. The van der Waals surface area contributed by atoms with Gasteiger partial charge in [-0.1, -0.05) is 22.9 Å². The largest absolute Gasteiger partial charge is 0.494 e. The standard InChI is InChI=1S/C25H22ClF2N7O3S/c1-12-6-14(15-8-21(26)30-10-19(15)38-3)16(9-29-12)22(36)32-25-31-17-4-5-34(11-20(17)39-25)23(37)18-7-13(2)35(33-18)24(27)28/h6-10,24H,4-5,11H2,1-3H3,(H,31,32,36). The number of anilines is 1. The molecule has 0 radical (unpaired) electrons. The van der Waals surface area contributed by atoms with Crippen molar-refractivity contribution in [3.8, 4) is 16.9 Å². The van der Waals surface area contributed by atoms with Gasteiger partial charge >= 0.3 is 6.55 Å². The minimum atomic E-state index is -2.83. The number of carbonyl (C=O) groups excluding carboxylic acids is 2. The van der Waals surface area contributed by atoms with Gasteiger partial charge in [-0.15, -0.1) is 0 Å². The van der Waals surface area contributed by atoms with E-state index in [9.17, 15) is 18.4 Å². The van der Waals surface area contributed by atoms with Gasteiger partial charge in [0.1, 0.15) is 10.9 Å². The molecule has 1 aliphatic heterocycles. The molecule has 4 aromatic heterocycles. The molecule has 5 heterocycles. The van der Waals surface area contributed by atoms with E-state index in [4.69, 9.17) is 16.3 Å². The Balaban J connectivity index is 1.36. The van der Waals surface area contributed by atoms with Gasteiger partial charge in [0.25, 0.3) is 11.8 Å². The first-order valence-electron chi connectivity index (χ1n) is 11.7. The second kappa shape index (κ2) is 10.7. The predicted octanol–water partition coefficient (Wildman–Crippen LogP) is 4.92. The summed E-state index contributed by atoms with van der Waals surface area (Å²) in [6, 6.07) is 4.72. The van der Waals surface area contributed by atoms with Crippen molar-refractivity contribution in [3.63, 3.8) is 0 Å². The Hall–Kier alpha value is -3.97. The number of aromatic nitrogens is 5. The summed E-state index contributed by atoms with van der Waals surface area (Å²) in [5, 5.41) is 7.20. The third kappa shape index (κ3) is 5.32. The summed E-state index contributed by atoms with van der Waals surface area (Å²) in [6.45, 7) is 1.02. The van der Waals surface area contributed by atoms with Crippen LogP contribution in [0.5, 0.6) is 5.75 Å². The maximum Gasteiger partial charge on any atom is 0.333 e. The van der Waals surface area contributed by atoms with Gasteiger partial charge in [-0.05, 0) is 32.0 Å². The number of thiazole rings is 1. The molecule has 0 atom stereocenters. The van der Waals surface area contributed by atoms with Crippen LogP contribution in [0.15, 0.2) is 30.6 Å². The lowest BCUT2D eigenvalue weighted by Gasteiger charge is -2.25. The average molecular weight is 574 g/mol. The van der Waals surface area contributed by atoms with E-state index in [1.54, 1.807) is 12.1 Å². The van der Waals surface area contributed by atoms with Crippen molar-refractivity contribution < 1.29 is 23.1 Å². The number of ether oxygens (including phenoxy) is 1. The van der Waals surface area contributed by atoms with Crippen molar-refractivity contribution in [2.45, 2.75) is 33.4 Å². The van der Waals surface area contributed by atoms with Gasteiger partial charge in [0.05, 0.1) is 31.1 Å². The van der Waals surface area contributed by atoms with Gasteiger partial charge in [0, 0.05) is 46.6 Å². The molecule has 0 aliphatic carbocycles. The Morgan fingerprint density at radius 2 is 1.95 bits per heavy atom. The first-order chi connectivity index (χ1) is 18.6. The fourth-order valence-electron chi connectivity index (χ4n) is 4.29. The summed E-state index contributed by atoms with van der Waals surface area (Å²) in [4.78, 5) is 41.5. The number of methoxy groups -OCH3 is 1. The Kier molecular flexibility index (Phi) is 7.28. The van der Waals surface area contributed by atoms with E-state index in [0.29, 0.717) is 45.3 Å². The second-order valence-electron chi connectivity index (χ2n) is 8.79. The number of carbonyl (C=O) groups is 2. The number of nitrogens with one attached hydrogen (secondary N) is 1. The SMILES string of the molecule is COc1cnc(Cl)cc1-c1cc(C)ncc1C(=O)Nc1nc2c(s1)CN(C(=O)c1cc(C)n(C(F)F)n1)CC2. The maximum atomic E-state index is 13.4. The Morgan fingerprint density at radius 3 is 2.67 bits per heavy atom. The average Bonchev–Trinajstić information content (AvgIpc) is 3.50. The van der Waals surface area contributed by atoms with E-state index in [1.165, 1.54) is 48.7 Å². The van der Waals surface area contributed by atoms with Crippen LogP contribution < -0.4 is 10.1 Å². The number of halogens is 3.